The van der Waals surface area contributed by atoms with E-state index in [4.69, 9.17) is 19.5 Å². The van der Waals surface area contributed by atoms with Crippen molar-refractivity contribution in [3.63, 3.8) is 0 Å². The highest BCUT2D eigenvalue weighted by molar-refractivity contribution is 5.67. The summed E-state index contributed by atoms with van der Waals surface area (Å²) < 4.78 is 16.7. The molecule has 0 radical (unpaired) electrons. The van der Waals surface area contributed by atoms with Crippen LogP contribution in [-0.2, 0) is 9.47 Å². The van der Waals surface area contributed by atoms with Gasteiger partial charge in [0.25, 0.3) is 0 Å². The van der Waals surface area contributed by atoms with Crippen LogP contribution in [0.15, 0.2) is 24.3 Å². The summed E-state index contributed by atoms with van der Waals surface area (Å²) in [6.45, 7) is 8.06. The number of carbonyl (C=O) groups is 1. The highest BCUT2D eigenvalue weighted by Crippen LogP contribution is 2.20. The quantitative estimate of drug-likeness (QED) is 0.772. The number of ether oxygens (including phenoxy) is 3. The largest absolute Gasteiger partial charge is 0.491 e. The van der Waals surface area contributed by atoms with Gasteiger partial charge in [0.1, 0.15) is 24.0 Å². The molecule has 0 bridgehead atoms. The first-order valence-corrected chi connectivity index (χ1v) is 9.68. The molecule has 2 atom stereocenters. The Morgan fingerprint density at radius 2 is 2.11 bits per heavy atom. The molecule has 28 heavy (non-hydrogen) atoms. The lowest BCUT2D eigenvalue weighted by atomic mass is 9.99. The number of nitrogens with zero attached hydrogens (tertiary/aromatic N) is 2. The van der Waals surface area contributed by atoms with Gasteiger partial charge in [-0.2, -0.15) is 5.26 Å². The Hall–Kier alpha value is -2.30. The maximum Gasteiger partial charge on any atom is 0.407 e. The zero-order valence-electron chi connectivity index (χ0n) is 17.2. The second-order valence-electron chi connectivity index (χ2n) is 7.91. The lowest BCUT2D eigenvalue weighted by Gasteiger charge is -2.39. The Balaban J connectivity index is 1.89. The van der Waals surface area contributed by atoms with Crippen molar-refractivity contribution in [2.24, 2.45) is 0 Å². The van der Waals surface area contributed by atoms with Crippen LogP contribution in [0.1, 0.15) is 39.2 Å². The molecule has 7 heteroatoms. The monoisotopic (exact) mass is 389 g/mol. The fourth-order valence-corrected chi connectivity index (χ4v) is 3.26. The third-order valence-corrected chi connectivity index (χ3v) is 4.65. The van der Waals surface area contributed by atoms with E-state index in [0.29, 0.717) is 31.0 Å². The molecule has 1 heterocycles. The Morgan fingerprint density at radius 3 is 2.79 bits per heavy atom. The number of piperidine rings is 1. The van der Waals surface area contributed by atoms with Crippen LogP contribution in [-0.4, -0.2) is 62.1 Å². The number of carbonyl (C=O) groups excluding carboxylic acids is 1. The van der Waals surface area contributed by atoms with E-state index in [9.17, 15) is 4.79 Å². The van der Waals surface area contributed by atoms with Crippen LogP contribution in [0.3, 0.4) is 0 Å². The molecule has 0 aromatic heterocycles. The minimum Gasteiger partial charge on any atom is -0.491 e. The fourth-order valence-electron chi connectivity index (χ4n) is 3.26. The summed E-state index contributed by atoms with van der Waals surface area (Å²) in [5.74, 6) is 0.597. The second kappa shape index (κ2) is 10.3. The van der Waals surface area contributed by atoms with Gasteiger partial charge in [-0.15, -0.1) is 0 Å². The number of rotatable bonds is 7. The zero-order valence-corrected chi connectivity index (χ0v) is 17.2. The summed E-state index contributed by atoms with van der Waals surface area (Å²) in [4.78, 5) is 14.3. The molecule has 0 aliphatic carbocycles. The summed E-state index contributed by atoms with van der Waals surface area (Å²) in [6.07, 6.45) is 1.54. The number of methoxy groups -OCH3 is 1. The van der Waals surface area contributed by atoms with Gasteiger partial charge >= 0.3 is 6.09 Å². The van der Waals surface area contributed by atoms with Crippen molar-refractivity contribution in [2.75, 3.05) is 33.4 Å². The van der Waals surface area contributed by atoms with E-state index in [1.807, 2.05) is 32.9 Å². The normalized spacial score (nSPS) is 20.2. The molecule has 7 nitrogen and oxygen atoms in total. The van der Waals surface area contributed by atoms with Crippen LogP contribution < -0.4 is 10.1 Å². The molecule has 0 spiro atoms. The van der Waals surface area contributed by atoms with E-state index in [1.165, 1.54) is 0 Å². The molecule has 1 N–H and O–H groups in total. The van der Waals surface area contributed by atoms with E-state index in [0.717, 1.165) is 19.4 Å². The van der Waals surface area contributed by atoms with E-state index in [-0.39, 0.29) is 12.1 Å². The van der Waals surface area contributed by atoms with Gasteiger partial charge in [0, 0.05) is 32.8 Å². The highest BCUT2D eigenvalue weighted by Gasteiger charge is 2.29. The van der Waals surface area contributed by atoms with Gasteiger partial charge in [0.15, 0.2) is 0 Å². The molecular weight excluding hydrogens is 358 g/mol. The van der Waals surface area contributed by atoms with E-state index < -0.39 is 11.7 Å². The topological polar surface area (TPSA) is 83.8 Å². The number of para-hydroxylation sites is 1. The van der Waals surface area contributed by atoms with Crippen molar-refractivity contribution in [1.82, 2.24) is 10.2 Å². The predicted molar refractivity (Wildman–Crippen MR) is 106 cm³/mol. The first-order chi connectivity index (χ1) is 13.3. The Labute approximate surface area is 167 Å². The van der Waals surface area contributed by atoms with Crippen LogP contribution >= 0.6 is 0 Å². The SMILES string of the molecule is CO[C@@H]1CCN(CCOc2ccccc2C#N)[C@H](CNC(=O)OC(C)(C)C)C1. The van der Waals surface area contributed by atoms with E-state index in [2.05, 4.69) is 16.3 Å². The van der Waals surface area contributed by atoms with Gasteiger partial charge in [-0.3, -0.25) is 4.90 Å². The van der Waals surface area contributed by atoms with Crippen molar-refractivity contribution < 1.29 is 19.0 Å². The Bertz CT molecular complexity index is 681. The Morgan fingerprint density at radius 1 is 1.36 bits per heavy atom. The third kappa shape index (κ3) is 7.02. The number of hydrogen-bond acceptors (Lipinski definition) is 6. The minimum atomic E-state index is -0.520. The van der Waals surface area contributed by atoms with Crippen molar-refractivity contribution in [2.45, 2.75) is 51.4 Å². The summed E-state index contributed by atoms with van der Waals surface area (Å²) in [6, 6.07) is 9.50. The second-order valence-corrected chi connectivity index (χ2v) is 7.91. The van der Waals surface area contributed by atoms with Gasteiger partial charge in [-0.25, -0.2) is 4.79 Å². The number of nitrogens with one attached hydrogen (secondary N) is 1. The first-order valence-electron chi connectivity index (χ1n) is 9.68. The molecule has 1 aromatic rings. The van der Waals surface area contributed by atoms with Crippen LogP contribution in [0.2, 0.25) is 0 Å². The first kappa shape index (κ1) is 22.0. The van der Waals surface area contributed by atoms with Gasteiger partial charge in [-0.05, 0) is 45.7 Å². The standard InChI is InChI=1S/C21H31N3O4/c1-21(2,3)28-20(25)23-15-17-13-18(26-4)9-10-24(17)11-12-27-19-8-6-5-7-16(19)14-22/h5-8,17-18H,9-13,15H2,1-4H3,(H,23,25)/t17-,18+/m0/s1. The molecule has 0 saturated carbocycles. The average Bonchev–Trinajstić information content (AvgIpc) is 2.66. The summed E-state index contributed by atoms with van der Waals surface area (Å²) in [5.41, 5.74) is 0.0108. The maximum absolute atomic E-state index is 12.0. The zero-order chi connectivity index (χ0) is 20.6. The number of nitriles is 1. The van der Waals surface area contributed by atoms with Crippen molar-refractivity contribution in [3.05, 3.63) is 29.8 Å². The molecule has 2 rings (SSSR count). The van der Waals surface area contributed by atoms with Crippen molar-refractivity contribution in [1.29, 1.82) is 5.26 Å². The number of hydrogen-bond donors (Lipinski definition) is 1. The lowest BCUT2D eigenvalue weighted by Crippen LogP contribution is -2.51. The summed E-state index contributed by atoms with van der Waals surface area (Å²) in [7, 11) is 1.72. The van der Waals surface area contributed by atoms with Gasteiger partial charge in [-0.1, -0.05) is 12.1 Å². The molecule has 1 amide bonds. The van der Waals surface area contributed by atoms with Crippen LogP contribution in [0.25, 0.3) is 0 Å². The van der Waals surface area contributed by atoms with Crippen LogP contribution in [0, 0.1) is 11.3 Å². The predicted octanol–water partition coefficient (Wildman–Crippen LogP) is 2.94. The molecule has 1 saturated heterocycles. The average molecular weight is 389 g/mol. The van der Waals surface area contributed by atoms with Crippen molar-refractivity contribution >= 4 is 6.09 Å². The Kier molecular flexibility index (Phi) is 8.09. The number of likely N-dealkylation sites (tertiary alicyclic amines) is 1. The number of benzene rings is 1. The molecule has 0 unspecified atom stereocenters. The van der Waals surface area contributed by atoms with Crippen LogP contribution in [0.5, 0.6) is 5.75 Å². The number of alkyl carbamates (subject to hydrolysis) is 1. The maximum atomic E-state index is 12.0. The summed E-state index contributed by atoms with van der Waals surface area (Å²) >= 11 is 0. The molecule has 1 aliphatic rings. The molecular formula is C21H31N3O4. The molecule has 1 aliphatic heterocycles. The molecule has 1 aromatic carbocycles. The van der Waals surface area contributed by atoms with E-state index in [1.54, 1.807) is 19.2 Å². The molecule has 1 fully saturated rings. The molecule has 154 valence electrons. The third-order valence-electron chi connectivity index (χ3n) is 4.65. The highest BCUT2D eigenvalue weighted by atomic mass is 16.6. The lowest BCUT2D eigenvalue weighted by molar-refractivity contribution is 0.00467. The smallest absolute Gasteiger partial charge is 0.407 e. The minimum absolute atomic E-state index is 0.140. The van der Waals surface area contributed by atoms with Gasteiger partial charge in [0.05, 0.1) is 11.7 Å². The number of amides is 1. The summed E-state index contributed by atoms with van der Waals surface area (Å²) in [5, 5.41) is 12.0. The van der Waals surface area contributed by atoms with Crippen molar-refractivity contribution in [3.8, 4) is 11.8 Å². The van der Waals surface area contributed by atoms with Gasteiger partial charge < -0.3 is 19.5 Å². The fraction of sp³-hybridized carbons (Fsp3) is 0.619. The van der Waals surface area contributed by atoms with E-state index >= 15 is 0 Å². The van der Waals surface area contributed by atoms with Crippen LogP contribution in [0.4, 0.5) is 4.79 Å². The van der Waals surface area contributed by atoms with Gasteiger partial charge in [0.2, 0.25) is 0 Å².